The number of methoxy groups -OCH3 is 1. The van der Waals surface area contributed by atoms with Gasteiger partial charge < -0.3 is 10.1 Å². The minimum absolute atomic E-state index is 0.299. The largest absolute Gasteiger partial charge is 0.481 e. The van der Waals surface area contributed by atoms with Crippen molar-refractivity contribution in [1.82, 2.24) is 19.9 Å². The van der Waals surface area contributed by atoms with E-state index in [-0.39, 0.29) is 0 Å². The molecule has 2 atom stereocenters. The molecular formula is C22H29N5OS. The predicted octanol–water partition coefficient (Wildman–Crippen LogP) is 4.60. The monoisotopic (exact) mass is 411 g/mol. The van der Waals surface area contributed by atoms with E-state index in [1.54, 1.807) is 18.4 Å². The Hall–Kier alpha value is -2.25. The normalized spacial score (nSPS) is 18.7. The number of pyridine rings is 2. The minimum atomic E-state index is 0.299. The van der Waals surface area contributed by atoms with Crippen molar-refractivity contribution in [2.24, 2.45) is 5.92 Å². The predicted molar refractivity (Wildman–Crippen MR) is 119 cm³/mol. The van der Waals surface area contributed by atoms with Crippen molar-refractivity contribution < 1.29 is 4.74 Å². The Kier molecular flexibility index (Phi) is 5.96. The molecule has 6 nitrogen and oxygen atoms in total. The smallest absolute Gasteiger partial charge is 0.215 e. The molecule has 1 unspecified atom stereocenters. The van der Waals surface area contributed by atoms with Gasteiger partial charge in [0.1, 0.15) is 0 Å². The van der Waals surface area contributed by atoms with Crippen molar-refractivity contribution in [3.8, 4) is 5.88 Å². The van der Waals surface area contributed by atoms with Gasteiger partial charge in [0, 0.05) is 36.6 Å². The van der Waals surface area contributed by atoms with Crippen LogP contribution in [0.3, 0.4) is 0 Å². The molecule has 154 valence electrons. The number of hydrogen-bond acceptors (Lipinski definition) is 7. The number of thiazole rings is 1. The number of fused-ring (bicyclic) bond motifs is 1. The molecule has 0 aromatic carbocycles. The lowest BCUT2D eigenvalue weighted by atomic mass is 9.96. The summed E-state index contributed by atoms with van der Waals surface area (Å²) in [5, 5.41) is 4.66. The molecule has 0 bridgehead atoms. The van der Waals surface area contributed by atoms with Crippen molar-refractivity contribution in [3.63, 3.8) is 0 Å². The zero-order chi connectivity index (χ0) is 20.4. The quantitative estimate of drug-likeness (QED) is 0.640. The molecule has 0 aliphatic carbocycles. The highest BCUT2D eigenvalue weighted by atomic mass is 32.1. The van der Waals surface area contributed by atoms with Gasteiger partial charge >= 0.3 is 0 Å². The van der Waals surface area contributed by atoms with Crippen LogP contribution in [-0.4, -0.2) is 46.6 Å². The van der Waals surface area contributed by atoms with Gasteiger partial charge in [-0.25, -0.2) is 15.0 Å². The molecule has 0 saturated carbocycles. The zero-order valence-electron chi connectivity index (χ0n) is 17.6. The molecule has 1 fully saturated rings. The summed E-state index contributed by atoms with van der Waals surface area (Å²) >= 11 is 1.71. The van der Waals surface area contributed by atoms with Crippen LogP contribution in [0.5, 0.6) is 5.88 Å². The number of piperidine rings is 1. The number of aromatic nitrogens is 3. The van der Waals surface area contributed by atoms with E-state index in [1.165, 1.54) is 17.5 Å². The molecule has 29 heavy (non-hydrogen) atoms. The SMILES string of the molecule is COc1cc(NC[C@H]2CCCN(C(C)c3ccc4sc(C)nc4n3)C2)cc(C)n1. The Balaban J connectivity index is 1.40. The Morgan fingerprint density at radius 2 is 2.10 bits per heavy atom. The van der Waals surface area contributed by atoms with Crippen molar-refractivity contribution in [3.05, 3.63) is 40.7 Å². The molecule has 0 amide bonds. The van der Waals surface area contributed by atoms with Gasteiger partial charge in [-0.1, -0.05) is 0 Å². The van der Waals surface area contributed by atoms with Gasteiger partial charge in [0.25, 0.3) is 0 Å². The first-order valence-electron chi connectivity index (χ1n) is 10.3. The molecule has 0 spiro atoms. The summed E-state index contributed by atoms with van der Waals surface area (Å²) in [4.78, 5) is 16.3. The molecule has 1 aliphatic heterocycles. The summed E-state index contributed by atoms with van der Waals surface area (Å²) in [5.74, 6) is 1.26. The molecule has 4 heterocycles. The molecule has 0 radical (unpaired) electrons. The summed E-state index contributed by atoms with van der Waals surface area (Å²) in [7, 11) is 1.66. The lowest BCUT2D eigenvalue weighted by molar-refractivity contribution is 0.134. The van der Waals surface area contributed by atoms with Gasteiger partial charge in [0.15, 0.2) is 5.65 Å². The van der Waals surface area contributed by atoms with Crippen molar-refractivity contribution in [2.75, 3.05) is 32.1 Å². The lowest BCUT2D eigenvalue weighted by Crippen LogP contribution is -2.39. The standard InChI is InChI=1S/C22H29N5OS/c1-14-10-18(11-21(24-14)28-4)23-12-17-6-5-9-27(13-17)15(2)19-7-8-20-22(26-19)25-16(3)29-20/h7-8,10-11,15,17H,5-6,9,12-13H2,1-4H3,(H,23,24)/t15?,17-/m1/s1. The van der Waals surface area contributed by atoms with Gasteiger partial charge in [0.05, 0.1) is 22.5 Å². The fourth-order valence-corrected chi connectivity index (χ4v) is 4.85. The number of ether oxygens (including phenoxy) is 1. The number of nitrogens with one attached hydrogen (secondary N) is 1. The third-order valence-corrected chi connectivity index (χ3v) is 6.57. The van der Waals surface area contributed by atoms with Gasteiger partial charge in [-0.15, -0.1) is 11.3 Å². The topological polar surface area (TPSA) is 63.2 Å². The van der Waals surface area contributed by atoms with Crippen LogP contribution < -0.4 is 10.1 Å². The first-order chi connectivity index (χ1) is 14.0. The zero-order valence-corrected chi connectivity index (χ0v) is 18.4. The highest BCUT2D eigenvalue weighted by Gasteiger charge is 2.25. The van der Waals surface area contributed by atoms with E-state index in [2.05, 4.69) is 45.3 Å². The Labute approximate surface area is 176 Å². The van der Waals surface area contributed by atoms with Crippen LogP contribution in [0.25, 0.3) is 10.3 Å². The summed E-state index contributed by atoms with van der Waals surface area (Å²) in [6, 6.07) is 8.67. The molecule has 1 aliphatic rings. The second-order valence-corrected chi connectivity index (χ2v) is 9.13. The van der Waals surface area contributed by atoms with E-state index in [4.69, 9.17) is 9.72 Å². The lowest BCUT2D eigenvalue weighted by Gasteiger charge is -2.36. The maximum Gasteiger partial charge on any atom is 0.215 e. The number of rotatable bonds is 6. The Bertz CT molecular complexity index is 988. The fourth-order valence-electron chi connectivity index (χ4n) is 4.08. The average molecular weight is 412 g/mol. The second-order valence-electron chi connectivity index (χ2n) is 7.89. The maximum absolute atomic E-state index is 5.29. The first-order valence-corrected chi connectivity index (χ1v) is 11.1. The van der Waals surface area contributed by atoms with E-state index in [0.29, 0.717) is 17.8 Å². The van der Waals surface area contributed by atoms with Gasteiger partial charge in [-0.2, -0.15) is 0 Å². The summed E-state index contributed by atoms with van der Waals surface area (Å²) in [5.41, 5.74) is 4.04. The van der Waals surface area contributed by atoms with Crippen LogP contribution in [0, 0.1) is 19.8 Å². The van der Waals surface area contributed by atoms with E-state index in [1.807, 2.05) is 19.9 Å². The second kappa shape index (κ2) is 8.63. The third-order valence-electron chi connectivity index (χ3n) is 5.64. The van der Waals surface area contributed by atoms with Crippen molar-refractivity contribution in [2.45, 2.75) is 39.7 Å². The van der Waals surface area contributed by atoms with Crippen LogP contribution in [-0.2, 0) is 0 Å². The molecule has 1 saturated heterocycles. The van der Waals surface area contributed by atoms with Gasteiger partial charge in [0.2, 0.25) is 5.88 Å². The number of anilines is 1. The van der Waals surface area contributed by atoms with Crippen molar-refractivity contribution in [1.29, 1.82) is 0 Å². The van der Waals surface area contributed by atoms with Gasteiger partial charge in [-0.3, -0.25) is 4.90 Å². The molecule has 4 rings (SSSR count). The number of nitrogens with zero attached hydrogens (tertiary/aromatic N) is 4. The molecule has 1 N–H and O–H groups in total. The van der Waals surface area contributed by atoms with Crippen LogP contribution in [0.1, 0.15) is 42.2 Å². The number of aryl methyl sites for hydroxylation is 2. The molecule has 3 aromatic rings. The highest BCUT2D eigenvalue weighted by molar-refractivity contribution is 7.18. The van der Waals surface area contributed by atoms with Gasteiger partial charge in [-0.05, 0) is 64.3 Å². The molecule has 7 heteroatoms. The maximum atomic E-state index is 5.29. The molecule has 3 aromatic heterocycles. The minimum Gasteiger partial charge on any atom is -0.481 e. The highest BCUT2D eigenvalue weighted by Crippen LogP contribution is 2.28. The molecular weight excluding hydrogens is 382 g/mol. The Morgan fingerprint density at radius 3 is 2.93 bits per heavy atom. The first kappa shape index (κ1) is 20.0. The van der Waals surface area contributed by atoms with E-state index in [0.717, 1.165) is 47.4 Å². The fraction of sp³-hybridized carbons (Fsp3) is 0.500. The van der Waals surface area contributed by atoms with Crippen LogP contribution in [0.4, 0.5) is 5.69 Å². The van der Waals surface area contributed by atoms with Crippen LogP contribution in [0.2, 0.25) is 0 Å². The van der Waals surface area contributed by atoms with E-state index in [9.17, 15) is 0 Å². The van der Waals surface area contributed by atoms with Crippen LogP contribution in [0.15, 0.2) is 24.3 Å². The van der Waals surface area contributed by atoms with E-state index < -0.39 is 0 Å². The number of hydrogen-bond donors (Lipinski definition) is 1. The average Bonchev–Trinajstić information content (AvgIpc) is 3.10. The number of likely N-dealkylation sites (tertiary alicyclic amines) is 1. The van der Waals surface area contributed by atoms with Crippen molar-refractivity contribution >= 4 is 27.4 Å². The van der Waals surface area contributed by atoms with Crippen LogP contribution >= 0.6 is 11.3 Å². The third kappa shape index (κ3) is 4.67. The summed E-state index contributed by atoms with van der Waals surface area (Å²) < 4.78 is 6.46. The van der Waals surface area contributed by atoms with E-state index >= 15 is 0 Å². The summed E-state index contributed by atoms with van der Waals surface area (Å²) in [6.07, 6.45) is 2.46. The summed E-state index contributed by atoms with van der Waals surface area (Å²) in [6.45, 7) is 9.44. The Morgan fingerprint density at radius 1 is 1.24 bits per heavy atom.